The minimum absolute atomic E-state index is 0.103. The summed E-state index contributed by atoms with van der Waals surface area (Å²) >= 11 is -4.92. The predicted octanol–water partition coefficient (Wildman–Crippen LogP) is -0.846. The molecule has 156 valence electrons. The van der Waals surface area contributed by atoms with E-state index < -0.39 is 26.1 Å². The maximum atomic E-state index is 11.4. The predicted molar refractivity (Wildman–Crippen MR) is 102 cm³/mol. The monoisotopic (exact) mass is 469 g/mol. The molecule has 0 spiro atoms. The van der Waals surface area contributed by atoms with Crippen LogP contribution in [-0.2, 0) is 26.7 Å². The van der Waals surface area contributed by atoms with Crippen LogP contribution in [0.3, 0.4) is 0 Å². The van der Waals surface area contributed by atoms with Crippen LogP contribution in [-0.4, -0.2) is 48.5 Å². The molecule has 0 fully saturated rings. The molecule has 0 saturated heterocycles. The van der Waals surface area contributed by atoms with Gasteiger partial charge in [-0.3, -0.25) is 10.6 Å². The molecule has 1 aliphatic carbocycles. The molecule has 1 aliphatic rings. The van der Waals surface area contributed by atoms with Gasteiger partial charge < -0.3 is 10.2 Å². The molecule has 6 N–H and O–H groups in total. The molecule has 0 aromatic heterocycles. The fourth-order valence-electron chi connectivity index (χ4n) is 2.18. The van der Waals surface area contributed by atoms with Crippen molar-refractivity contribution in [3.63, 3.8) is 0 Å². The Hall–Kier alpha value is -2.91. The van der Waals surface area contributed by atoms with Crippen LogP contribution in [0.25, 0.3) is 0 Å². The maximum Gasteiger partial charge on any atom is 0.317 e. The van der Waals surface area contributed by atoms with E-state index in [-0.39, 0.29) is 21.5 Å². The van der Waals surface area contributed by atoms with E-state index in [0.29, 0.717) is 5.70 Å². The molecule has 29 heavy (non-hydrogen) atoms. The van der Waals surface area contributed by atoms with E-state index in [4.69, 9.17) is 11.1 Å². The molecule has 0 heterocycles. The van der Waals surface area contributed by atoms with Gasteiger partial charge in [-0.1, -0.05) is 6.08 Å². The van der Waals surface area contributed by atoms with Gasteiger partial charge in [0.15, 0.2) is 0 Å². The molecule has 0 saturated carbocycles. The van der Waals surface area contributed by atoms with Crippen LogP contribution in [0.2, 0.25) is 0 Å². The molecule has 2 rings (SSSR count). The number of rotatable bonds is 5. The van der Waals surface area contributed by atoms with E-state index in [1.807, 2.05) is 0 Å². The van der Waals surface area contributed by atoms with E-state index in [9.17, 15) is 22.2 Å². The third kappa shape index (κ3) is 6.88. The Kier molecular flexibility index (Phi) is 9.30. The van der Waals surface area contributed by atoms with E-state index in [1.54, 1.807) is 18.1 Å². The number of carbonyl (C=O) groups is 2. The fourth-order valence-corrected chi connectivity index (χ4v) is 3.86. The second-order valence-electron chi connectivity index (χ2n) is 5.46. The van der Waals surface area contributed by atoms with Crippen molar-refractivity contribution in [2.75, 3.05) is 12.4 Å². The van der Waals surface area contributed by atoms with Crippen molar-refractivity contribution in [1.29, 1.82) is 0 Å². The summed E-state index contributed by atoms with van der Waals surface area (Å²) in [5, 5.41) is 10.7. The molecule has 12 heteroatoms. The minimum atomic E-state index is -4.92. The number of carbonyl (C=O) groups excluding carboxylic acids is 3. The Morgan fingerprint density at radius 1 is 1.31 bits per heavy atom. The first-order chi connectivity index (χ1) is 13.7. The topological polar surface area (TPSA) is 177 Å². The number of hydrogen-bond acceptors (Lipinski definition) is 9. The third-order valence-electron chi connectivity index (χ3n) is 3.48. The standard InChI is InChI=1S/C9H10N2O3.C8H10AsNO5/c1-14-9(13)8-3-2-7(11-10)4-6(8)5-12;1-6(11)10-8-5-3-2-4-7(8)9(12,13)15-14/h2-4,8,11H,10H2,1H3;2-5,14H,1H3,(H,10,11)(H,12,13). The molecule has 2 atom stereocenters. The van der Waals surface area contributed by atoms with Crippen molar-refractivity contribution < 1.29 is 36.1 Å². The van der Waals surface area contributed by atoms with Crippen molar-refractivity contribution >= 4 is 42.0 Å². The summed E-state index contributed by atoms with van der Waals surface area (Å²) < 4.78 is 28.6. The van der Waals surface area contributed by atoms with E-state index in [2.05, 4.69) is 19.4 Å². The number of anilines is 1. The molecule has 1 amide bonds. The summed E-state index contributed by atoms with van der Waals surface area (Å²) in [6, 6.07) is 5.84. The summed E-state index contributed by atoms with van der Waals surface area (Å²) in [5.74, 6) is 5.26. The quantitative estimate of drug-likeness (QED) is 0.0912. The molecule has 0 radical (unpaired) electrons. The average Bonchev–Trinajstić information content (AvgIpc) is 2.73. The molecule has 2 unspecified atom stereocenters. The Labute approximate surface area is 168 Å². The minimum Gasteiger partial charge on any atom is -0.468 e. The van der Waals surface area contributed by atoms with Gasteiger partial charge in [0.25, 0.3) is 0 Å². The smallest absolute Gasteiger partial charge is 0.317 e. The number of esters is 1. The van der Waals surface area contributed by atoms with Crippen LogP contribution in [0.1, 0.15) is 6.92 Å². The SMILES string of the molecule is CC(=O)Nc1ccccc1[As](=O)(O)OO.COC(=O)C1C=CC(NN)=CC1=C=O. The molecule has 11 nitrogen and oxygen atoms in total. The van der Waals surface area contributed by atoms with Gasteiger partial charge >= 0.3 is 94.4 Å². The number of hydrazine groups is 1. The fraction of sp³-hybridized carbons (Fsp3) is 0.176. The Morgan fingerprint density at radius 2 is 1.97 bits per heavy atom. The summed E-state index contributed by atoms with van der Waals surface area (Å²) in [5.41, 5.74) is 3.27. The van der Waals surface area contributed by atoms with Crippen LogP contribution in [0.4, 0.5) is 5.69 Å². The Morgan fingerprint density at radius 3 is 2.48 bits per heavy atom. The van der Waals surface area contributed by atoms with Gasteiger partial charge in [-0.2, -0.15) is 0 Å². The van der Waals surface area contributed by atoms with Crippen molar-refractivity contribution in [1.82, 2.24) is 5.43 Å². The van der Waals surface area contributed by atoms with Gasteiger partial charge in [0.1, 0.15) is 11.9 Å². The Balaban J connectivity index is 0.000000291. The van der Waals surface area contributed by atoms with E-state index >= 15 is 0 Å². The van der Waals surface area contributed by atoms with Crippen molar-refractivity contribution in [3.8, 4) is 0 Å². The number of methoxy groups -OCH3 is 1. The summed E-state index contributed by atoms with van der Waals surface area (Å²) in [6.45, 7) is 1.27. The first kappa shape index (κ1) is 24.1. The largest absolute Gasteiger partial charge is 0.468 e. The first-order valence-corrected chi connectivity index (χ1v) is 11.2. The van der Waals surface area contributed by atoms with Crippen molar-refractivity contribution in [2.45, 2.75) is 6.92 Å². The van der Waals surface area contributed by atoms with Gasteiger partial charge in [0, 0.05) is 5.70 Å². The van der Waals surface area contributed by atoms with Gasteiger partial charge in [0.05, 0.1) is 12.7 Å². The molecule has 0 aliphatic heterocycles. The zero-order valence-corrected chi connectivity index (χ0v) is 17.4. The van der Waals surface area contributed by atoms with Crippen molar-refractivity contribution in [3.05, 3.63) is 53.8 Å². The number of benzene rings is 1. The second kappa shape index (κ2) is 11.2. The first-order valence-electron chi connectivity index (χ1n) is 7.92. The summed E-state index contributed by atoms with van der Waals surface area (Å²) in [4.78, 5) is 32.5. The second-order valence-corrected chi connectivity index (χ2v) is 9.00. The number of hydrogen-bond donors (Lipinski definition) is 5. The van der Waals surface area contributed by atoms with Gasteiger partial charge in [-0.25, -0.2) is 4.79 Å². The van der Waals surface area contributed by atoms with E-state index in [0.717, 1.165) is 0 Å². The average molecular weight is 469 g/mol. The molecule has 1 aromatic carbocycles. The molecule has 0 bridgehead atoms. The summed E-state index contributed by atoms with van der Waals surface area (Å²) in [6.07, 6.45) is 4.58. The zero-order chi connectivity index (χ0) is 22.0. The molecular formula is C17H20AsN3O8. The molecular weight excluding hydrogens is 449 g/mol. The van der Waals surface area contributed by atoms with Crippen LogP contribution in [0, 0.1) is 5.92 Å². The maximum absolute atomic E-state index is 11.4. The molecule has 1 aromatic rings. The zero-order valence-electron chi connectivity index (χ0n) is 15.5. The Bertz CT molecular complexity index is 921. The normalized spacial score (nSPS) is 16.9. The van der Waals surface area contributed by atoms with Gasteiger partial charge in [-0.05, 0) is 12.2 Å². The van der Waals surface area contributed by atoms with Crippen LogP contribution in [0.15, 0.2) is 53.8 Å². The van der Waals surface area contributed by atoms with Crippen LogP contribution < -0.4 is 20.9 Å². The number of nitrogens with one attached hydrogen (secondary N) is 2. The number of allylic oxidation sites excluding steroid dienone is 2. The summed E-state index contributed by atoms with van der Waals surface area (Å²) in [7, 11) is 1.26. The third-order valence-corrected chi connectivity index (χ3v) is 6.04. The van der Waals surface area contributed by atoms with Crippen LogP contribution >= 0.6 is 0 Å². The van der Waals surface area contributed by atoms with Crippen molar-refractivity contribution in [2.24, 2.45) is 11.8 Å². The van der Waals surface area contributed by atoms with Gasteiger partial charge in [0.2, 0.25) is 0 Å². The number of nitrogens with two attached hydrogens (primary N) is 1. The van der Waals surface area contributed by atoms with Gasteiger partial charge in [-0.15, -0.1) is 0 Å². The number of para-hydroxylation sites is 1. The van der Waals surface area contributed by atoms with E-state index in [1.165, 1.54) is 44.4 Å². The van der Waals surface area contributed by atoms with Crippen LogP contribution in [0.5, 0.6) is 0 Å². The number of amides is 1. The number of ether oxygens (including phenoxy) is 1.